The largest absolute Gasteiger partial charge is 0.324 e. The van der Waals surface area contributed by atoms with Gasteiger partial charge >= 0.3 is 5.00 Å². The number of rotatable bonds is 5. The average molecular weight is 280 g/mol. The number of hydrogen-bond acceptors (Lipinski definition) is 4. The molecule has 2 rings (SSSR count). The van der Waals surface area contributed by atoms with Crippen molar-refractivity contribution in [1.29, 1.82) is 0 Å². The molecule has 4 nitrogen and oxygen atoms in total. The van der Waals surface area contributed by atoms with Gasteiger partial charge < -0.3 is 5.32 Å². The van der Waals surface area contributed by atoms with Gasteiger partial charge in [-0.1, -0.05) is 29.5 Å². The van der Waals surface area contributed by atoms with Crippen LogP contribution in [0.25, 0.3) is 0 Å². The molecule has 0 aliphatic heterocycles. The molecule has 0 fully saturated rings. The molecular weight excluding hydrogens is 267 g/mol. The first-order valence-electron chi connectivity index (χ1n) is 5.77. The van der Waals surface area contributed by atoms with Crippen LogP contribution in [0.2, 0.25) is 0 Å². The van der Waals surface area contributed by atoms with Crippen LogP contribution in [0.1, 0.15) is 24.1 Å². The maximum Gasteiger partial charge on any atom is 0.324 e. The minimum Gasteiger partial charge on any atom is -0.306 e. The highest BCUT2D eigenvalue weighted by Crippen LogP contribution is 2.23. The lowest BCUT2D eigenvalue weighted by atomic mass is 10.1. The van der Waals surface area contributed by atoms with Crippen molar-refractivity contribution in [2.45, 2.75) is 19.5 Å². The van der Waals surface area contributed by atoms with Crippen molar-refractivity contribution >= 4 is 16.3 Å². The highest BCUT2D eigenvalue weighted by atomic mass is 32.1. The zero-order valence-corrected chi connectivity index (χ0v) is 11.1. The Morgan fingerprint density at radius 2 is 2.21 bits per heavy atom. The number of thiophene rings is 1. The molecule has 0 amide bonds. The number of nitrogens with one attached hydrogen (secondary N) is 1. The van der Waals surface area contributed by atoms with E-state index in [-0.39, 0.29) is 16.9 Å². The van der Waals surface area contributed by atoms with Crippen molar-refractivity contribution in [3.63, 3.8) is 0 Å². The van der Waals surface area contributed by atoms with E-state index in [1.165, 1.54) is 12.1 Å². The fourth-order valence-electron chi connectivity index (χ4n) is 1.76. The van der Waals surface area contributed by atoms with Crippen molar-refractivity contribution in [2.75, 3.05) is 0 Å². The smallest absolute Gasteiger partial charge is 0.306 e. The fraction of sp³-hybridized carbons (Fsp3) is 0.231. The first-order chi connectivity index (χ1) is 9.08. The van der Waals surface area contributed by atoms with Crippen LogP contribution in [-0.4, -0.2) is 4.92 Å². The molecule has 1 atom stereocenters. The summed E-state index contributed by atoms with van der Waals surface area (Å²) in [5.41, 5.74) is 1.42. The molecule has 1 aromatic heterocycles. The van der Waals surface area contributed by atoms with Gasteiger partial charge in [0, 0.05) is 29.6 Å². The Labute approximate surface area is 114 Å². The highest BCUT2D eigenvalue weighted by Gasteiger charge is 2.12. The monoisotopic (exact) mass is 280 g/mol. The van der Waals surface area contributed by atoms with E-state index in [9.17, 15) is 14.5 Å². The molecule has 2 aromatic rings. The zero-order chi connectivity index (χ0) is 13.8. The lowest BCUT2D eigenvalue weighted by Crippen LogP contribution is -2.18. The van der Waals surface area contributed by atoms with Crippen LogP contribution < -0.4 is 5.32 Å². The molecule has 0 saturated heterocycles. The first kappa shape index (κ1) is 13.6. The molecule has 6 heteroatoms. The van der Waals surface area contributed by atoms with Gasteiger partial charge in [-0.15, -0.1) is 0 Å². The Balaban J connectivity index is 1.98. The van der Waals surface area contributed by atoms with E-state index in [1.807, 2.05) is 6.92 Å². The van der Waals surface area contributed by atoms with Crippen LogP contribution in [0.3, 0.4) is 0 Å². The Morgan fingerprint density at radius 3 is 2.84 bits per heavy atom. The second kappa shape index (κ2) is 5.90. The second-order valence-electron chi connectivity index (χ2n) is 4.17. The maximum atomic E-state index is 13.5. The van der Waals surface area contributed by atoms with Crippen LogP contribution in [0, 0.1) is 15.9 Å². The van der Waals surface area contributed by atoms with Crippen LogP contribution in [-0.2, 0) is 6.54 Å². The molecule has 0 radical (unpaired) electrons. The zero-order valence-electron chi connectivity index (χ0n) is 10.3. The van der Waals surface area contributed by atoms with E-state index in [0.717, 1.165) is 16.9 Å². The van der Waals surface area contributed by atoms with Gasteiger partial charge in [-0.3, -0.25) is 10.1 Å². The SMILES string of the molecule is CC(NCc1csc([N+](=O)[O-])c1)c1ccccc1F. The summed E-state index contributed by atoms with van der Waals surface area (Å²) in [7, 11) is 0. The van der Waals surface area contributed by atoms with Crippen molar-refractivity contribution in [3.05, 3.63) is 62.8 Å². The summed E-state index contributed by atoms with van der Waals surface area (Å²) in [5.74, 6) is -0.251. The molecular formula is C13H13FN2O2S. The predicted molar refractivity (Wildman–Crippen MR) is 72.6 cm³/mol. The number of benzene rings is 1. The first-order valence-corrected chi connectivity index (χ1v) is 6.65. The van der Waals surface area contributed by atoms with Gasteiger partial charge in [-0.2, -0.15) is 0 Å². The summed E-state index contributed by atoms with van der Waals surface area (Å²) in [5, 5.41) is 15.6. The molecule has 19 heavy (non-hydrogen) atoms. The van der Waals surface area contributed by atoms with Crippen molar-refractivity contribution < 1.29 is 9.31 Å². The van der Waals surface area contributed by atoms with Gasteiger partial charge in [0.05, 0.1) is 4.92 Å². The van der Waals surface area contributed by atoms with E-state index in [0.29, 0.717) is 12.1 Å². The molecule has 0 spiro atoms. The average Bonchev–Trinajstić information content (AvgIpc) is 2.85. The lowest BCUT2D eigenvalue weighted by Gasteiger charge is -2.14. The van der Waals surface area contributed by atoms with E-state index in [2.05, 4.69) is 5.32 Å². The maximum absolute atomic E-state index is 13.5. The normalized spacial score (nSPS) is 12.3. The third kappa shape index (κ3) is 3.36. The van der Waals surface area contributed by atoms with Crippen LogP contribution in [0.15, 0.2) is 35.7 Å². The van der Waals surface area contributed by atoms with Gasteiger partial charge in [0.15, 0.2) is 0 Å². The van der Waals surface area contributed by atoms with Gasteiger partial charge in [0.25, 0.3) is 0 Å². The van der Waals surface area contributed by atoms with Crippen LogP contribution in [0.4, 0.5) is 9.39 Å². The standard InChI is InChI=1S/C13H13FN2O2S/c1-9(11-4-2-3-5-12(11)14)15-7-10-6-13(16(17)18)19-8-10/h2-6,8-9,15H,7H2,1H3. The predicted octanol–water partition coefficient (Wildman–Crippen LogP) is 3.65. The number of halogens is 1. The Kier molecular flexibility index (Phi) is 4.24. The number of nitrogens with zero attached hydrogens (tertiary/aromatic N) is 1. The van der Waals surface area contributed by atoms with E-state index in [1.54, 1.807) is 23.6 Å². The van der Waals surface area contributed by atoms with Gasteiger partial charge in [0.2, 0.25) is 0 Å². The Morgan fingerprint density at radius 1 is 1.47 bits per heavy atom. The highest BCUT2D eigenvalue weighted by molar-refractivity contribution is 7.13. The lowest BCUT2D eigenvalue weighted by molar-refractivity contribution is -0.380. The Bertz CT molecular complexity index is 586. The molecule has 0 bridgehead atoms. The minimum absolute atomic E-state index is 0.121. The van der Waals surface area contributed by atoms with Crippen molar-refractivity contribution in [1.82, 2.24) is 5.32 Å². The van der Waals surface area contributed by atoms with Crippen LogP contribution >= 0.6 is 11.3 Å². The summed E-state index contributed by atoms with van der Waals surface area (Å²) in [6, 6.07) is 7.96. The molecule has 1 unspecified atom stereocenters. The third-order valence-corrected chi connectivity index (χ3v) is 3.73. The fourth-order valence-corrected chi connectivity index (χ4v) is 2.49. The molecule has 100 valence electrons. The van der Waals surface area contributed by atoms with Gasteiger partial charge in [-0.25, -0.2) is 4.39 Å². The topological polar surface area (TPSA) is 55.2 Å². The van der Waals surface area contributed by atoms with Gasteiger partial charge in [0.1, 0.15) is 5.82 Å². The number of hydrogen-bond donors (Lipinski definition) is 1. The summed E-state index contributed by atoms with van der Waals surface area (Å²) in [4.78, 5) is 10.2. The van der Waals surface area contributed by atoms with E-state index < -0.39 is 4.92 Å². The quantitative estimate of drug-likeness (QED) is 0.672. The summed E-state index contributed by atoms with van der Waals surface area (Å²) in [6.45, 7) is 2.33. The molecule has 1 heterocycles. The minimum atomic E-state index is -0.408. The summed E-state index contributed by atoms with van der Waals surface area (Å²) in [6.07, 6.45) is 0. The molecule has 0 aliphatic rings. The van der Waals surface area contributed by atoms with E-state index >= 15 is 0 Å². The number of nitro groups is 1. The summed E-state index contributed by atoms with van der Waals surface area (Å²) < 4.78 is 13.5. The molecule has 1 N–H and O–H groups in total. The Hall–Kier alpha value is -1.79. The third-order valence-electron chi connectivity index (χ3n) is 2.80. The molecule has 0 saturated carbocycles. The van der Waals surface area contributed by atoms with E-state index in [4.69, 9.17) is 0 Å². The van der Waals surface area contributed by atoms with Crippen LogP contribution in [0.5, 0.6) is 0 Å². The van der Waals surface area contributed by atoms with Gasteiger partial charge in [-0.05, 0) is 18.6 Å². The molecule has 1 aromatic carbocycles. The van der Waals surface area contributed by atoms with Crippen molar-refractivity contribution in [2.24, 2.45) is 0 Å². The summed E-state index contributed by atoms with van der Waals surface area (Å²) >= 11 is 1.10. The van der Waals surface area contributed by atoms with Crippen molar-refractivity contribution in [3.8, 4) is 0 Å². The second-order valence-corrected chi connectivity index (χ2v) is 5.06. The molecule has 0 aliphatic carbocycles.